The zero-order valence-electron chi connectivity index (χ0n) is 10.4. The third kappa shape index (κ3) is 2.71. The van der Waals surface area contributed by atoms with Gasteiger partial charge in [0.25, 0.3) is 0 Å². The molecule has 0 atom stereocenters. The molecular weight excluding hydrogens is 280 g/mol. The van der Waals surface area contributed by atoms with Crippen molar-refractivity contribution in [3.63, 3.8) is 0 Å². The number of halogens is 1. The van der Waals surface area contributed by atoms with Crippen LogP contribution in [0.1, 0.15) is 6.92 Å². The Morgan fingerprint density at radius 2 is 2.20 bits per heavy atom. The lowest BCUT2D eigenvalue weighted by molar-refractivity contribution is -0.129. The first-order chi connectivity index (χ1) is 9.52. The van der Waals surface area contributed by atoms with Gasteiger partial charge in [0.15, 0.2) is 5.57 Å². The summed E-state index contributed by atoms with van der Waals surface area (Å²) in [5, 5.41) is 19.1. The number of allylic oxidation sites excluding steroid dienone is 1. The lowest BCUT2D eigenvalue weighted by atomic mass is 10.2. The Morgan fingerprint density at radius 1 is 1.45 bits per heavy atom. The first-order valence-electron chi connectivity index (χ1n) is 5.59. The number of nitrogens with zero attached hydrogens (tertiary/aromatic N) is 2. The summed E-state index contributed by atoms with van der Waals surface area (Å²) in [6.07, 6.45) is 1.46. The molecule has 0 bridgehead atoms. The number of hydrogen-bond donors (Lipinski definition) is 1. The molecule has 1 aromatic heterocycles. The van der Waals surface area contributed by atoms with E-state index in [1.165, 1.54) is 19.2 Å². The van der Waals surface area contributed by atoms with Gasteiger partial charge in [0.2, 0.25) is 0 Å². The highest BCUT2D eigenvalue weighted by molar-refractivity contribution is 6.31. The highest BCUT2D eigenvalue weighted by Crippen LogP contribution is 2.26. The van der Waals surface area contributed by atoms with Crippen LogP contribution < -0.4 is 4.74 Å². The number of carbonyl (C=O) groups is 1. The van der Waals surface area contributed by atoms with E-state index in [4.69, 9.17) is 21.6 Å². The molecule has 0 saturated heterocycles. The number of ether oxygens (including phenoxy) is 1. The van der Waals surface area contributed by atoms with Gasteiger partial charge in [0.05, 0.1) is 5.52 Å². The van der Waals surface area contributed by atoms with Gasteiger partial charge in [0, 0.05) is 16.6 Å². The quantitative estimate of drug-likeness (QED) is 0.397. The van der Waals surface area contributed by atoms with E-state index in [0.717, 1.165) is 0 Å². The highest BCUT2D eigenvalue weighted by atomic mass is 35.5. The largest absolute Gasteiger partial charge is 0.511 e. The summed E-state index contributed by atoms with van der Waals surface area (Å²) in [7, 11) is 0. The van der Waals surface area contributed by atoms with Crippen LogP contribution in [0.3, 0.4) is 0 Å². The van der Waals surface area contributed by atoms with Crippen LogP contribution in [0.25, 0.3) is 10.9 Å². The molecule has 0 spiro atoms. The number of hydrogen-bond acceptors (Lipinski definition) is 5. The summed E-state index contributed by atoms with van der Waals surface area (Å²) < 4.78 is 5.12. The lowest BCUT2D eigenvalue weighted by Gasteiger charge is -2.07. The maximum atomic E-state index is 11.8. The molecular formula is C14H9ClN2O3. The number of fused-ring (bicyclic) bond motifs is 1. The molecule has 1 N–H and O–H groups in total. The highest BCUT2D eigenvalue weighted by Gasteiger charge is 2.16. The number of benzene rings is 1. The fourth-order valence-corrected chi connectivity index (χ4v) is 1.78. The van der Waals surface area contributed by atoms with Crippen LogP contribution in [-0.4, -0.2) is 16.1 Å². The number of nitriles is 1. The molecule has 100 valence electrons. The van der Waals surface area contributed by atoms with Crippen molar-refractivity contribution in [2.75, 3.05) is 0 Å². The maximum absolute atomic E-state index is 11.8. The Bertz CT molecular complexity index is 759. The van der Waals surface area contributed by atoms with Crippen LogP contribution in [0.15, 0.2) is 41.8 Å². The van der Waals surface area contributed by atoms with Crippen LogP contribution in [0, 0.1) is 11.3 Å². The summed E-state index contributed by atoms with van der Waals surface area (Å²) in [6.45, 7) is 1.24. The van der Waals surface area contributed by atoms with Crippen molar-refractivity contribution in [2.24, 2.45) is 0 Å². The summed E-state index contributed by atoms with van der Waals surface area (Å²) in [6, 6.07) is 8.03. The predicted molar refractivity (Wildman–Crippen MR) is 73.3 cm³/mol. The van der Waals surface area contributed by atoms with Crippen molar-refractivity contribution >= 4 is 28.5 Å². The smallest absolute Gasteiger partial charge is 0.357 e. The topological polar surface area (TPSA) is 83.2 Å². The van der Waals surface area contributed by atoms with E-state index in [-0.39, 0.29) is 11.5 Å². The summed E-state index contributed by atoms with van der Waals surface area (Å²) >= 11 is 5.86. The van der Waals surface area contributed by atoms with E-state index in [2.05, 4.69) is 4.98 Å². The van der Waals surface area contributed by atoms with Gasteiger partial charge in [-0.1, -0.05) is 11.6 Å². The molecule has 0 amide bonds. The Morgan fingerprint density at radius 3 is 2.85 bits per heavy atom. The van der Waals surface area contributed by atoms with E-state index in [9.17, 15) is 9.90 Å². The normalized spacial score (nSPS) is 11.7. The zero-order chi connectivity index (χ0) is 14.7. The Labute approximate surface area is 119 Å². The van der Waals surface area contributed by atoms with Crippen molar-refractivity contribution in [1.82, 2.24) is 4.98 Å². The molecule has 6 heteroatoms. The van der Waals surface area contributed by atoms with E-state index in [1.54, 1.807) is 24.3 Å². The van der Waals surface area contributed by atoms with E-state index in [1.807, 2.05) is 0 Å². The summed E-state index contributed by atoms with van der Waals surface area (Å²) in [5.41, 5.74) is 0.120. The molecule has 2 aromatic rings. The van der Waals surface area contributed by atoms with Gasteiger partial charge in [-0.3, -0.25) is 4.98 Å². The average Bonchev–Trinajstić information content (AvgIpc) is 2.38. The minimum atomic E-state index is -0.921. The average molecular weight is 289 g/mol. The number of aliphatic hydroxyl groups is 1. The summed E-state index contributed by atoms with van der Waals surface area (Å²) in [5.74, 6) is -1.07. The standard InChI is InChI=1S/C14H9ClN2O3/c1-8(18)11(7-16)14(19)20-13-4-5-17-12-6-9(15)2-3-10(12)13/h2-6,18H,1H3/b11-8-. The number of pyridine rings is 1. The van der Waals surface area contributed by atoms with Gasteiger partial charge in [-0.25, -0.2) is 4.79 Å². The van der Waals surface area contributed by atoms with Crippen LogP contribution in [0.4, 0.5) is 0 Å². The molecule has 1 aromatic carbocycles. The van der Waals surface area contributed by atoms with Crippen LogP contribution in [0.5, 0.6) is 5.75 Å². The van der Waals surface area contributed by atoms with E-state index < -0.39 is 11.5 Å². The van der Waals surface area contributed by atoms with Crippen LogP contribution >= 0.6 is 11.6 Å². The van der Waals surface area contributed by atoms with Crippen LogP contribution in [0.2, 0.25) is 5.02 Å². The number of rotatable bonds is 2. The van der Waals surface area contributed by atoms with Crippen molar-refractivity contribution in [3.05, 3.63) is 46.8 Å². The molecule has 0 aliphatic heterocycles. The molecule has 1 heterocycles. The monoisotopic (exact) mass is 288 g/mol. The van der Waals surface area contributed by atoms with Gasteiger partial charge in [0.1, 0.15) is 17.6 Å². The number of aliphatic hydroxyl groups excluding tert-OH is 1. The third-order valence-corrected chi connectivity index (χ3v) is 2.78. The maximum Gasteiger partial charge on any atom is 0.357 e. The second-order valence-electron chi connectivity index (χ2n) is 3.93. The van der Waals surface area contributed by atoms with Crippen molar-refractivity contribution in [1.29, 1.82) is 5.26 Å². The van der Waals surface area contributed by atoms with E-state index >= 15 is 0 Å². The molecule has 20 heavy (non-hydrogen) atoms. The van der Waals surface area contributed by atoms with E-state index in [0.29, 0.717) is 15.9 Å². The SMILES string of the molecule is C/C(O)=C(\C#N)C(=O)Oc1ccnc2cc(Cl)ccc12. The van der Waals surface area contributed by atoms with Gasteiger partial charge in [-0.2, -0.15) is 5.26 Å². The lowest BCUT2D eigenvalue weighted by Crippen LogP contribution is -2.12. The Balaban J connectivity index is 2.43. The first kappa shape index (κ1) is 13.8. The van der Waals surface area contributed by atoms with Crippen molar-refractivity contribution in [3.8, 4) is 11.8 Å². The second-order valence-corrected chi connectivity index (χ2v) is 4.37. The number of aromatic nitrogens is 1. The van der Waals surface area contributed by atoms with Crippen LogP contribution in [-0.2, 0) is 4.79 Å². The number of carbonyl (C=O) groups excluding carboxylic acids is 1. The van der Waals surface area contributed by atoms with Gasteiger partial charge < -0.3 is 9.84 Å². The van der Waals surface area contributed by atoms with Gasteiger partial charge in [-0.15, -0.1) is 0 Å². The molecule has 2 rings (SSSR count). The Hall–Kier alpha value is -2.58. The molecule has 0 aliphatic carbocycles. The predicted octanol–water partition coefficient (Wildman–Crippen LogP) is 3.15. The molecule has 0 saturated carbocycles. The fourth-order valence-electron chi connectivity index (χ4n) is 1.61. The minimum Gasteiger partial charge on any atom is -0.511 e. The molecule has 0 radical (unpaired) electrons. The minimum absolute atomic E-state index is 0.241. The van der Waals surface area contributed by atoms with Gasteiger partial charge in [-0.05, 0) is 31.2 Å². The fraction of sp³-hybridized carbons (Fsp3) is 0.0714. The molecule has 0 aliphatic rings. The third-order valence-electron chi connectivity index (χ3n) is 2.55. The zero-order valence-corrected chi connectivity index (χ0v) is 11.2. The van der Waals surface area contributed by atoms with Gasteiger partial charge >= 0.3 is 5.97 Å². The Kier molecular flexibility index (Phi) is 3.87. The first-order valence-corrected chi connectivity index (χ1v) is 5.97. The van der Waals surface area contributed by atoms with Crippen molar-refractivity contribution < 1.29 is 14.6 Å². The second kappa shape index (κ2) is 5.59. The molecule has 0 fully saturated rings. The molecule has 0 unspecified atom stereocenters. The number of esters is 1. The summed E-state index contributed by atoms with van der Waals surface area (Å²) in [4.78, 5) is 15.9. The molecule has 5 nitrogen and oxygen atoms in total. The van der Waals surface area contributed by atoms with Crippen molar-refractivity contribution in [2.45, 2.75) is 6.92 Å².